The van der Waals surface area contributed by atoms with Crippen molar-refractivity contribution >= 4 is 33.2 Å². The monoisotopic (exact) mass is 424 g/mol. The molecule has 0 fully saturated rings. The Hall–Kier alpha value is -2.25. The summed E-state index contributed by atoms with van der Waals surface area (Å²) in [7, 11) is -1.99. The average Bonchev–Trinajstić information content (AvgIpc) is 2.63. The zero-order valence-electron chi connectivity index (χ0n) is 16.2. The summed E-state index contributed by atoms with van der Waals surface area (Å²) in [5, 5.41) is 3.29. The van der Waals surface area contributed by atoms with E-state index in [-0.39, 0.29) is 12.5 Å². The van der Waals surface area contributed by atoms with Gasteiger partial charge in [-0.3, -0.25) is 9.10 Å². The van der Waals surface area contributed by atoms with Crippen LogP contribution in [-0.4, -0.2) is 40.8 Å². The molecule has 0 atom stereocenters. The highest BCUT2D eigenvalue weighted by Crippen LogP contribution is 2.25. The second kappa shape index (κ2) is 9.80. The third-order valence-electron chi connectivity index (χ3n) is 4.24. The van der Waals surface area contributed by atoms with Gasteiger partial charge in [-0.25, -0.2) is 8.42 Å². The van der Waals surface area contributed by atoms with E-state index < -0.39 is 10.0 Å². The predicted molar refractivity (Wildman–Crippen MR) is 113 cm³/mol. The molecule has 0 aliphatic rings. The highest BCUT2D eigenvalue weighted by atomic mass is 35.5. The maximum Gasteiger partial charge on any atom is 0.240 e. The first-order chi connectivity index (χ1) is 13.2. The lowest BCUT2D eigenvalue weighted by molar-refractivity contribution is -0.119. The lowest BCUT2D eigenvalue weighted by Gasteiger charge is -2.23. The summed E-state index contributed by atoms with van der Waals surface area (Å²) in [6.45, 7) is 1.94. The number of nitrogens with zero attached hydrogens (tertiary/aromatic N) is 1. The molecule has 8 heteroatoms. The summed E-state index contributed by atoms with van der Waals surface area (Å²) in [6.07, 6.45) is 2.63. The molecule has 0 aliphatic heterocycles. The fraction of sp³-hybridized carbons (Fsp3) is 0.350. The molecule has 6 nitrogen and oxygen atoms in total. The van der Waals surface area contributed by atoms with Crippen molar-refractivity contribution in [3.05, 3.63) is 58.6 Å². The molecular formula is C20H25ClN2O4S. The van der Waals surface area contributed by atoms with Gasteiger partial charge in [0.2, 0.25) is 15.9 Å². The van der Waals surface area contributed by atoms with Crippen molar-refractivity contribution in [3.8, 4) is 5.75 Å². The van der Waals surface area contributed by atoms with Gasteiger partial charge in [0.15, 0.2) is 0 Å². The number of amides is 1. The van der Waals surface area contributed by atoms with Crippen molar-refractivity contribution in [1.29, 1.82) is 0 Å². The maximum absolute atomic E-state index is 12.3. The van der Waals surface area contributed by atoms with Gasteiger partial charge in [-0.15, -0.1) is 0 Å². The first kappa shape index (κ1) is 22.0. The van der Waals surface area contributed by atoms with Gasteiger partial charge in [0.25, 0.3) is 0 Å². The van der Waals surface area contributed by atoms with E-state index in [2.05, 4.69) is 5.32 Å². The largest absolute Gasteiger partial charge is 0.497 e. The van der Waals surface area contributed by atoms with Crippen LogP contribution in [0.5, 0.6) is 5.75 Å². The first-order valence-electron chi connectivity index (χ1n) is 8.84. The van der Waals surface area contributed by atoms with Crippen LogP contribution in [0.3, 0.4) is 0 Å². The number of sulfonamides is 1. The molecule has 2 aromatic carbocycles. The van der Waals surface area contributed by atoms with E-state index in [1.54, 1.807) is 32.2 Å². The summed E-state index contributed by atoms with van der Waals surface area (Å²) in [5.74, 6) is 0.449. The minimum absolute atomic E-state index is 0.274. The van der Waals surface area contributed by atoms with Gasteiger partial charge in [-0.1, -0.05) is 23.7 Å². The van der Waals surface area contributed by atoms with Gasteiger partial charge >= 0.3 is 0 Å². The van der Waals surface area contributed by atoms with Gasteiger partial charge in [0.1, 0.15) is 12.3 Å². The zero-order chi connectivity index (χ0) is 20.7. The van der Waals surface area contributed by atoms with Crippen LogP contribution in [0.4, 0.5) is 5.69 Å². The number of aryl methyl sites for hydroxylation is 2. The molecule has 0 saturated heterocycles. The second-order valence-corrected chi connectivity index (χ2v) is 8.85. The molecule has 2 aromatic rings. The topological polar surface area (TPSA) is 75.7 Å². The third kappa shape index (κ3) is 6.42. The van der Waals surface area contributed by atoms with Crippen LogP contribution in [0.1, 0.15) is 17.5 Å². The normalized spacial score (nSPS) is 11.1. The first-order valence-corrected chi connectivity index (χ1v) is 11.1. The van der Waals surface area contributed by atoms with Gasteiger partial charge in [0, 0.05) is 11.6 Å². The van der Waals surface area contributed by atoms with Crippen molar-refractivity contribution in [2.24, 2.45) is 0 Å². The summed E-state index contributed by atoms with van der Waals surface area (Å²) in [5.41, 5.74) is 2.27. The Morgan fingerprint density at radius 2 is 1.86 bits per heavy atom. The fourth-order valence-electron chi connectivity index (χ4n) is 2.78. The molecule has 2 rings (SSSR count). The highest BCUT2D eigenvalue weighted by molar-refractivity contribution is 7.92. The van der Waals surface area contributed by atoms with Crippen LogP contribution in [0.2, 0.25) is 5.02 Å². The predicted octanol–water partition coefficient (Wildman–Crippen LogP) is 3.17. The lowest BCUT2D eigenvalue weighted by atomic mass is 10.1. The number of hydrogen-bond donors (Lipinski definition) is 1. The Kier molecular flexibility index (Phi) is 7.71. The third-order valence-corrected chi connectivity index (χ3v) is 5.60. The fourth-order valence-corrected chi connectivity index (χ4v) is 3.92. The van der Waals surface area contributed by atoms with Gasteiger partial charge in [-0.05, 0) is 61.2 Å². The molecule has 1 N–H and O–H groups in total. The highest BCUT2D eigenvalue weighted by Gasteiger charge is 2.22. The van der Waals surface area contributed by atoms with Gasteiger partial charge in [0.05, 0.1) is 19.1 Å². The van der Waals surface area contributed by atoms with Crippen molar-refractivity contribution in [3.63, 3.8) is 0 Å². The Morgan fingerprint density at radius 3 is 2.43 bits per heavy atom. The number of rotatable bonds is 9. The Bertz CT molecular complexity index is 914. The van der Waals surface area contributed by atoms with Crippen LogP contribution in [0, 0.1) is 6.92 Å². The van der Waals surface area contributed by atoms with E-state index in [4.69, 9.17) is 16.3 Å². The van der Waals surface area contributed by atoms with E-state index in [9.17, 15) is 13.2 Å². The molecule has 0 aromatic heterocycles. The smallest absolute Gasteiger partial charge is 0.240 e. The average molecular weight is 425 g/mol. The summed E-state index contributed by atoms with van der Waals surface area (Å²) in [4.78, 5) is 12.3. The maximum atomic E-state index is 12.3. The molecular weight excluding hydrogens is 400 g/mol. The summed E-state index contributed by atoms with van der Waals surface area (Å²) < 4.78 is 30.6. The van der Waals surface area contributed by atoms with Gasteiger partial charge in [-0.2, -0.15) is 0 Å². The summed E-state index contributed by atoms with van der Waals surface area (Å²) in [6, 6.07) is 12.6. The number of benzene rings is 2. The van der Waals surface area contributed by atoms with Crippen LogP contribution >= 0.6 is 11.6 Å². The molecule has 0 radical (unpaired) electrons. The van der Waals surface area contributed by atoms with Crippen LogP contribution in [0.25, 0.3) is 0 Å². The molecule has 0 saturated carbocycles. The molecule has 0 aliphatic carbocycles. The number of hydrogen-bond acceptors (Lipinski definition) is 4. The standard InChI is InChI=1S/C20H25ClN2O4S/c1-15-13-17(21)8-11-19(15)23(28(3,25)26)14-20(24)22-12-4-5-16-6-9-18(27-2)10-7-16/h6-11,13H,4-5,12,14H2,1-3H3,(H,22,24). The molecule has 1 amide bonds. The van der Waals surface area contributed by atoms with Crippen molar-refractivity contribution < 1.29 is 17.9 Å². The Morgan fingerprint density at radius 1 is 1.18 bits per heavy atom. The zero-order valence-corrected chi connectivity index (χ0v) is 17.8. The van der Waals surface area contributed by atoms with Crippen molar-refractivity contribution in [2.75, 3.05) is 30.8 Å². The number of methoxy groups -OCH3 is 1. The van der Waals surface area contributed by atoms with E-state index in [0.717, 1.165) is 34.7 Å². The number of carbonyl (C=O) groups excluding carboxylic acids is 1. The van der Waals surface area contributed by atoms with Crippen LogP contribution < -0.4 is 14.4 Å². The quantitative estimate of drug-likeness (QED) is 0.627. The number of nitrogens with one attached hydrogen (secondary N) is 1. The SMILES string of the molecule is COc1ccc(CCCNC(=O)CN(c2ccc(Cl)cc2C)S(C)(=O)=O)cc1. The molecule has 152 valence electrons. The number of carbonyl (C=O) groups is 1. The van der Waals surface area contributed by atoms with Crippen molar-refractivity contribution in [1.82, 2.24) is 5.32 Å². The number of halogens is 1. The minimum Gasteiger partial charge on any atom is -0.497 e. The number of anilines is 1. The molecule has 0 spiro atoms. The molecule has 0 bridgehead atoms. The van der Waals surface area contributed by atoms with E-state index >= 15 is 0 Å². The van der Waals surface area contributed by atoms with E-state index in [1.165, 1.54) is 0 Å². The number of ether oxygens (including phenoxy) is 1. The van der Waals surface area contributed by atoms with E-state index in [1.807, 2.05) is 24.3 Å². The van der Waals surface area contributed by atoms with Crippen molar-refractivity contribution in [2.45, 2.75) is 19.8 Å². The van der Waals surface area contributed by atoms with Crippen LogP contribution in [0.15, 0.2) is 42.5 Å². The molecule has 0 heterocycles. The second-order valence-electron chi connectivity index (χ2n) is 6.50. The minimum atomic E-state index is -3.61. The van der Waals surface area contributed by atoms with Gasteiger partial charge < -0.3 is 10.1 Å². The Balaban J connectivity index is 1.91. The lowest BCUT2D eigenvalue weighted by Crippen LogP contribution is -2.41. The van der Waals surface area contributed by atoms with Crippen LogP contribution in [-0.2, 0) is 21.2 Å². The Labute approximate surface area is 171 Å². The molecule has 28 heavy (non-hydrogen) atoms. The molecule has 0 unspecified atom stereocenters. The van der Waals surface area contributed by atoms with E-state index in [0.29, 0.717) is 22.8 Å². The summed E-state index contributed by atoms with van der Waals surface area (Å²) >= 11 is 5.94.